The van der Waals surface area contributed by atoms with E-state index in [4.69, 9.17) is 14.9 Å². The zero-order valence-corrected chi connectivity index (χ0v) is 6.87. The lowest BCUT2D eigenvalue weighted by atomic mass is 10.2. The summed E-state index contributed by atoms with van der Waals surface area (Å²) in [6.45, 7) is 0.375. The van der Waals surface area contributed by atoms with Gasteiger partial charge >= 0.3 is 0 Å². The highest BCUT2D eigenvalue weighted by Gasteiger charge is 1.96. The lowest BCUT2D eigenvalue weighted by molar-refractivity contribution is 0.300. The second-order valence-electron chi connectivity index (χ2n) is 2.06. The molecule has 1 rings (SSSR count). The first kappa shape index (κ1) is 8.62. The fourth-order valence-corrected chi connectivity index (χ4v) is 0.996. The Morgan fingerprint density at radius 1 is 1.36 bits per heavy atom. The molecule has 3 N–H and O–H groups in total. The number of benzene rings is 1. The van der Waals surface area contributed by atoms with Crippen LogP contribution in [0.3, 0.4) is 0 Å². The topological polar surface area (TPSA) is 55.5 Å². The summed E-state index contributed by atoms with van der Waals surface area (Å²) in [5.74, 6) is 0. The molecule has 0 amide bonds. The molecule has 1 aromatic rings. The van der Waals surface area contributed by atoms with Crippen LogP contribution in [-0.2, 0) is 11.1 Å². The highest BCUT2D eigenvalue weighted by molar-refractivity contribution is 7.43. The van der Waals surface area contributed by atoms with Crippen LogP contribution < -0.4 is 5.50 Å². The standard InChI is InChI=1S/C7H10NO2P/c8-11(9)10-6-7-4-2-1-3-5-7/h1-5,9H,6,8H2. The SMILES string of the molecule is NP(O)OCc1ccccc1. The maximum Gasteiger partial charge on any atom is 0.250 e. The summed E-state index contributed by atoms with van der Waals surface area (Å²) in [6, 6.07) is 9.58. The Balaban J connectivity index is 2.39. The number of rotatable bonds is 3. The van der Waals surface area contributed by atoms with Crippen LogP contribution in [0.1, 0.15) is 5.56 Å². The van der Waals surface area contributed by atoms with Crippen molar-refractivity contribution in [2.75, 3.05) is 0 Å². The molecule has 4 heteroatoms. The Kier molecular flexibility index (Phi) is 3.46. The third-order valence-corrected chi connectivity index (χ3v) is 1.60. The van der Waals surface area contributed by atoms with Crippen molar-refractivity contribution in [1.29, 1.82) is 0 Å². The largest absolute Gasteiger partial charge is 0.338 e. The number of hydrogen-bond donors (Lipinski definition) is 2. The van der Waals surface area contributed by atoms with Crippen molar-refractivity contribution >= 4 is 8.53 Å². The van der Waals surface area contributed by atoms with E-state index in [9.17, 15) is 0 Å². The molecule has 0 saturated carbocycles. The second-order valence-corrected chi connectivity index (χ2v) is 2.92. The van der Waals surface area contributed by atoms with Gasteiger partial charge in [-0.2, -0.15) is 0 Å². The minimum Gasteiger partial charge on any atom is -0.338 e. The van der Waals surface area contributed by atoms with Gasteiger partial charge in [0.2, 0.25) is 8.53 Å². The van der Waals surface area contributed by atoms with Crippen LogP contribution in [0, 0.1) is 0 Å². The Morgan fingerprint density at radius 2 is 2.00 bits per heavy atom. The smallest absolute Gasteiger partial charge is 0.250 e. The average Bonchev–Trinajstić information content (AvgIpc) is 2.03. The Labute approximate surface area is 66.8 Å². The zero-order valence-electron chi connectivity index (χ0n) is 5.97. The average molecular weight is 171 g/mol. The Hall–Kier alpha value is -0.470. The lowest BCUT2D eigenvalue weighted by Crippen LogP contribution is -1.93. The molecule has 1 aromatic carbocycles. The van der Waals surface area contributed by atoms with E-state index in [1.165, 1.54) is 0 Å². The van der Waals surface area contributed by atoms with Crippen LogP contribution in [0.25, 0.3) is 0 Å². The molecule has 0 aliphatic rings. The molecule has 1 unspecified atom stereocenters. The van der Waals surface area contributed by atoms with Crippen molar-refractivity contribution in [3.05, 3.63) is 35.9 Å². The molecule has 0 bridgehead atoms. The molecular formula is C7H10NO2P. The van der Waals surface area contributed by atoms with Gasteiger partial charge in [-0.25, -0.2) is 0 Å². The summed E-state index contributed by atoms with van der Waals surface area (Å²) >= 11 is 0. The van der Waals surface area contributed by atoms with Gasteiger partial charge in [0.1, 0.15) is 0 Å². The van der Waals surface area contributed by atoms with Gasteiger partial charge in [0, 0.05) is 0 Å². The van der Waals surface area contributed by atoms with E-state index in [1.54, 1.807) is 0 Å². The molecule has 11 heavy (non-hydrogen) atoms. The minimum absolute atomic E-state index is 0.375. The van der Waals surface area contributed by atoms with Crippen molar-refractivity contribution in [3.8, 4) is 0 Å². The van der Waals surface area contributed by atoms with Gasteiger partial charge in [0.15, 0.2) is 0 Å². The first-order valence-electron chi connectivity index (χ1n) is 3.19. The van der Waals surface area contributed by atoms with Gasteiger partial charge < -0.3 is 9.42 Å². The highest BCUT2D eigenvalue weighted by Crippen LogP contribution is 2.21. The monoisotopic (exact) mass is 171 g/mol. The molecule has 0 saturated heterocycles. The summed E-state index contributed by atoms with van der Waals surface area (Å²) in [6.07, 6.45) is 0. The number of hydrogen-bond acceptors (Lipinski definition) is 3. The van der Waals surface area contributed by atoms with Crippen molar-refractivity contribution in [2.24, 2.45) is 5.50 Å². The Bertz CT molecular complexity index is 203. The molecular weight excluding hydrogens is 161 g/mol. The summed E-state index contributed by atoms with van der Waals surface area (Å²) in [5, 5.41) is 0. The highest BCUT2D eigenvalue weighted by atomic mass is 31.2. The van der Waals surface area contributed by atoms with Crippen LogP contribution in [-0.4, -0.2) is 4.89 Å². The molecule has 0 spiro atoms. The molecule has 3 nitrogen and oxygen atoms in total. The van der Waals surface area contributed by atoms with Gasteiger partial charge in [0.25, 0.3) is 0 Å². The minimum atomic E-state index is -1.72. The van der Waals surface area contributed by atoms with Crippen molar-refractivity contribution in [3.63, 3.8) is 0 Å². The van der Waals surface area contributed by atoms with Crippen LogP contribution >= 0.6 is 8.53 Å². The molecule has 0 heterocycles. The number of nitrogens with two attached hydrogens (primary N) is 1. The van der Waals surface area contributed by atoms with E-state index in [0.717, 1.165) is 5.56 Å². The van der Waals surface area contributed by atoms with Gasteiger partial charge in [-0.3, -0.25) is 5.50 Å². The molecule has 0 fully saturated rings. The van der Waals surface area contributed by atoms with Gasteiger partial charge in [-0.15, -0.1) is 0 Å². The van der Waals surface area contributed by atoms with Gasteiger partial charge in [0.05, 0.1) is 6.61 Å². The summed E-state index contributed by atoms with van der Waals surface area (Å²) < 4.78 is 4.83. The fourth-order valence-electron chi connectivity index (χ4n) is 0.715. The normalized spacial score (nSPS) is 12.9. The first-order chi connectivity index (χ1) is 5.29. The van der Waals surface area contributed by atoms with Gasteiger partial charge in [-0.1, -0.05) is 30.3 Å². The third-order valence-electron chi connectivity index (χ3n) is 1.21. The van der Waals surface area contributed by atoms with Crippen molar-refractivity contribution in [2.45, 2.75) is 6.61 Å². The first-order valence-corrected chi connectivity index (χ1v) is 4.48. The van der Waals surface area contributed by atoms with Crippen LogP contribution in [0.2, 0.25) is 0 Å². The molecule has 0 aliphatic carbocycles. The molecule has 60 valence electrons. The van der Waals surface area contributed by atoms with Crippen LogP contribution in [0.15, 0.2) is 30.3 Å². The van der Waals surface area contributed by atoms with E-state index >= 15 is 0 Å². The second kappa shape index (κ2) is 4.42. The van der Waals surface area contributed by atoms with Crippen LogP contribution in [0.4, 0.5) is 0 Å². The molecule has 0 aromatic heterocycles. The molecule has 0 radical (unpaired) electrons. The van der Waals surface area contributed by atoms with E-state index in [-0.39, 0.29) is 0 Å². The zero-order chi connectivity index (χ0) is 8.10. The summed E-state index contributed by atoms with van der Waals surface area (Å²) in [7, 11) is -1.72. The van der Waals surface area contributed by atoms with E-state index in [0.29, 0.717) is 6.61 Å². The quantitative estimate of drug-likeness (QED) is 0.675. The summed E-state index contributed by atoms with van der Waals surface area (Å²) in [5.41, 5.74) is 6.05. The van der Waals surface area contributed by atoms with E-state index in [1.807, 2.05) is 30.3 Å². The van der Waals surface area contributed by atoms with Crippen molar-refractivity contribution in [1.82, 2.24) is 0 Å². The van der Waals surface area contributed by atoms with Crippen molar-refractivity contribution < 1.29 is 9.42 Å². The van der Waals surface area contributed by atoms with E-state index < -0.39 is 8.53 Å². The maximum absolute atomic E-state index is 8.63. The molecule has 1 atom stereocenters. The summed E-state index contributed by atoms with van der Waals surface area (Å²) in [4.78, 5) is 8.63. The van der Waals surface area contributed by atoms with Gasteiger partial charge in [-0.05, 0) is 5.56 Å². The predicted molar refractivity (Wildman–Crippen MR) is 44.6 cm³/mol. The predicted octanol–water partition coefficient (Wildman–Crippen LogP) is 1.38. The fraction of sp³-hybridized carbons (Fsp3) is 0.143. The van der Waals surface area contributed by atoms with E-state index in [2.05, 4.69) is 0 Å². The maximum atomic E-state index is 8.63. The van der Waals surface area contributed by atoms with Crippen LogP contribution in [0.5, 0.6) is 0 Å². The lowest BCUT2D eigenvalue weighted by Gasteiger charge is -2.03. The molecule has 0 aliphatic heterocycles. The Morgan fingerprint density at radius 3 is 2.55 bits per heavy atom. The third kappa shape index (κ3) is 3.44.